The van der Waals surface area contributed by atoms with Crippen LogP contribution in [0.2, 0.25) is 0 Å². The summed E-state index contributed by atoms with van der Waals surface area (Å²) in [5.41, 5.74) is 5.20. The van der Waals surface area contributed by atoms with E-state index in [2.05, 4.69) is 4.90 Å². The van der Waals surface area contributed by atoms with Gasteiger partial charge in [0, 0.05) is 45.3 Å². The molecule has 1 aliphatic carbocycles. The van der Waals surface area contributed by atoms with E-state index in [1.54, 1.807) is 0 Å². The van der Waals surface area contributed by atoms with Crippen LogP contribution in [0.4, 0.5) is 13.2 Å². The lowest BCUT2D eigenvalue weighted by Crippen LogP contribution is -2.50. The number of halogens is 3. The predicted molar refractivity (Wildman–Crippen MR) is 59.6 cm³/mol. The van der Waals surface area contributed by atoms with Crippen LogP contribution in [0.25, 0.3) is 0 Å². The number of nitrogens with two attached hydrogens (primary N) is 1. The number of hydrogen-bond donors (Lipinski definition) is 1. The summed E-state index contributed by atoms with van der Waals surface area (Å²) in [5, 5.41) is 0. The highest BCUT2D eigenvalue weighted by Gasteiger charge is 2.40. The Balaban J connectivity index is 1.76. The molecule has 1 heterocycles. The summed E-state index contributed by atoms with van der Waals surface area (Å²) in [6.07, 6.45) is -1.65. The van der Waals surface area contributed by atoms with Crippen LogP contribution in [0.3, 0.4) is 0 Å². The highest BCUT2D eigenvalue weighted by molar-refractivity contribution is 4.88. The number of hydrogen-bond acceptors (Lipinski definition) is 3. The van der Waals surface area contributed by atoms with Gasteiger partial charge in [-0.2, -0.15) is 13.2 Å². The number of nitrogens with zero attached hydrogens (tertiary/aromatic N) is 2. The molecule has 0 bridgehead atoms. The fourth-order valence-electron chi connectivity index (χ4n) is 2.37. The fourth-order valence-corrected chi connectivity index (χ4v) is 2.37. The van der Waals surface area contributed by atoms with Gasteiger partial charge in [0.1, 0.15) is 0 Å². The van der Waals surface area contributed by atoms with Crippen molar-refractivity contribution in [1.82, 2.24) is 9.80 Å². The molecule has 17 heavy (non-hydrogen) atoms. The Labute approximate surface area is 99.7 Å². The maximum atomic E-state index is 12.6. The largest absolute Gasteiger partial charge is 0.394 e. The molecule has 6 heteroatoms. The molecule has 1 atom stereocenters. The first-order valence-corrected chi connectivity index (χ1v) is 6.24. The minimum atomic E-state index is -4.16. The second-order valence-electron chi connectivity index (χ2n) is 5.04. The zero-order chi connectivity index (χ0) is 12.5. The van der Waals surface area contributed by atoms with E-state index in [4.69, 9.17) is 5.73 Å². The molecule has 0 aromatic rings. The summed E-state index contributed by atoms with van der Waals surface area (Å²) < 4.78 is 37.7. The average Bonchev–Trinajstić information content (AvgIpc) is 3.09. The van der Waals surface area contributed by atoms with Crippen LogP contribution in [0, 0.1) is 5.92 Å². The van der Waals surface area contributed by atoms with Crippen LogP contribution in [-0.4, -0.2) is 61.3 Å². The molecule has 1 unspecified atom stereocenters. The van der Waals surface area contributed by atoms with Gasteiger partial charge in [-0.1, -0.05) is 0 Å². The highest BCUT2D eigenvalue weighted by atomic mass is 19.4. The Morgan fingerprint density at radius 1 is 1.12 bits per heavy atom. The van der Waals surface area contributed by atoms with E-state index < -0.39 is 12.1 Å². The Morgan fingerprint density at radius 2 is 1.71 bits per heavy atom. The second kappa shape index (κ2) is 5.12. The molecule has 3 nitrogen and oxygen atoms in total. The van der Waals surface area contributed by atoms with Crippen LogP contribution in [0.1, 0.15) is 12.8 Å². The third kappa shape index (κ3) is 3.56. The second-order valence-corrected chi connectivity index (χ2v) is 5.04. The minimum absolute atomic E-state index is 0.0541. The van der Waals surface area contributed by atoms with Crippen molar-refractivity contribution >= 4 is 0 Å². The molecule has 2 aliphatic rings. The van der Waals surface area contributed by atoms with Gasteiger partial charge in [0.15, 0.2) is 0 Å². The summed E-state index contributed by atoms with van der Waals surface area (Å²) in [6.45, 7) is 3.02. The van der Waals surface area contributed by atoms with Crippen molar-refractivity contribution in [3.05, 3.63) is 0 Å². The first-order chi connectivity index (χ1) is 8.00. The maximum Gasteiger partial charge on any atom is 0.394 e. The Morgan fingerprint density at radius 3 is 2.12 bits per heavy atom. The molecule has 0 spiro atoms. The van der Waals surface area contributed by atoms with Gasteiger partial charge < -0.3 is 10.6 Å². The zero-order valence-corrected chi connectivity index (χ0v) is 9.92. The number of alkyl halides is 3. The summed E-state index contributed by atoms with van der Waals surface area (Å²) in [7, 11) is 0. The topological polar surface area (TPSA) is 32.5 Å². The molecule has 0 amide bonds. The van der Waals surface area contributed by atoms with E-state index in [1.165, 1.54) is 12.8 Å². The van der Waals surface area contributed by atoms with Gasteiger partial charge in [-0.3, -0.25) is 4.90 Å². The van der Waals surface area contributed by atoms with Crippen molar-refractivity contribution in [2.75, 3.05) is 39.3 Å². The van der Waals surface area contributed by atoms with Crippen molar-refractivity contribution in [2.24, 2.45) is 11.7 Å². The van der Waals surface area contributed by atoms with Crippen LogP contribution in [-0.2, 0) is 0 Å². The molecule has 1 aliphatic heterocycles. The van der Waals surface area contributed by atoms with E-state index in [-0.39, 0.29) is 13.1 Å². The van der Waals surface area contributed by atoms with Gasteiger partial charge in [0.05, 0.1) is 5.92 Å². The quantitative estimate of drug-likeness (QED) is 0.806. The first-order valence-electron chi connectivity index (χ1n) is 6.24. The number of piperazine rings is 1. The molecule has 2 rings (SSSR count). The highest BCUT2D eigenvalue weighted by Crippen LogP contribution is 2.29. The third-order valence-corrected chi connectivity index (χ3v) is 3.70. The molecule has 0 aromatic carbocycles. The molecule has 1 saturated heterocycles. The normalized spacial score (nSPS) is 26.1. The fraction of sp³-hybridized carbons (Fsp3) is 1.00. The van der Waals surface area contributed by atoms with Crippen LogP contribution < -0.4 is 5.73 Å². The lowest BCUT2D eigenvalue weighted by molar-refractivity contribution is -0.177. The van der Waals surface area contributed by atoms with Gasteiger partial charge in [-0.05, 0) is 12.8 Å². The monoisotopic (exact) mass is 251 g/mol. The van der Waals surface area contributed by atoms with E-state index in [9.17, 15) is 13.2 Å². The van der Waals surface area contributed by atoms with Crippen molar-refractivity contribution in [3.63, 3.8) is 0 Å². The molecular formula is C11H20F3N3. The first kappa shape index (κ1) is 13.1. The van der Waals surface area contributed by atoms with Gasteiger partial charge in [-0.25, -0.2) is 0 Å². The van der Waals surface area contributed by atoms with Crippen LogP contribution >= 0.6 is 0 Å². The standard InChI is InChI=1S/C11H20F3N3/c12-11(13,14)9(7-15)8-16-3-5-17(6-4-16)10-1-2-10/h9-10H,1-8,15H2. The van der Waals surface area contributed by atoms with Crippen molar-refractivity contribution < 1.29 is 13.2 Å². The van der Waals surface area contributed by atoms with Crippen molar-refractivity contribution in [1.29, 1.82) is 0 Å². The Kier molecular flexibility index (Phi) is 3.95. The van der Waals surface area contributed by atoms with E-state index >= 15 is 0 Å². The predicted octanol–water partition coefficient (Wildman–Crippen LogP) is 0.904. The lowest BCUT2D eigenvalue weighted by atomic mass is 10.1. The summed E-state index contributed by atoms with van der Waals surface area (Å²) in [4.78, 5) is 4.28. The van der Waals surface area contributed by atoms with Gasteiger partial charge in [0.25, 0.3) is 0 Å². The third-order valence-electron chi connectivity index (χ3n) is 3.70. The summed E-state index contributed by atoms with van der Waals surface area (Å²) >= 11 is 0. The zero-order valence-electron chi connectivity index (χ0n) is 9.92. The Hall–Kier alpha value is -0.330. The minimum Gasteiger partial charge on any atom is -0.330 e. The lowest BCUT2D eigenvalue weighted by Gasteiger charge is -2.36. The van der Waals surface area contributed by atoms with Gasteiger partial charge in [-0.15, -0.1) is 0 Å². The Bertz CT molecular complexity index is 245. The summed E-state index contributed by atoms with van der Waals surface area (Å²) in [5.74, 6) is -1.38. The van der Waals surface area contributed by atoms with Crippen molar-refractivity contribution in [3.8, 4) is 0 Å². The molecule has 2 fully saturated rings. The molecule has 100 valence electrons. The van der Waals surface area contributed by atoms with Gasteiger partial charge >= 0.3 is 6.18 Å². The van der Waals surface area contributed by atoms with Gasteiger partial charge in [0.2, 0.25) is 0 Å². The average molecular weight is 251 g/mol. The van der Waals surface area contributed by atoms with E-state index in [1.807, 2.05) is 4.90 Å². The van der Waals surface area contributed by atoms with E-state index in [0.717, 1.165) is 26.2 Å². The maximum absolute atomic E-state index is 12.6. The smallest absolute Gasteiger partial charge is 0.330 e. The summed E-state index contributed by atoms with van der Waals surface area (Å²) in [6, 6.07) is 0.713. The van der Waals surface area contributed by atoms with E-state index in [0.29, 0.717) is 6.04 Å². The van der Waals surface area contributed by atoms with Crippen LogP contribution in [0.15, 0.2) is 0 Å². The number of rotatable bonds is 4. The molecule has 2 N–H and O–H groups in total. The molecular weight excluding hydrogens is 231 g/mol. The SMILES string of the molecule is NCC(CN1CCN(C2CC2)CC1)C(F)(F)F. The molecule has 0 radical (unpaired) electrons. The molecule has 0 aromatic heterocycles. The van der Waals surface area contributed by atoms with Crippen LogP contribution in [0.5, 0.6) is 0 Å². The molecule has 1 saturated carbocycles. The van der Waals surface area contributed by atoms with Crippen molar-refractivity contribution in [2.45, 2.75) is 25.1 Å².